The van der Waals surface area contributed by atoms with Crippen molar-refractivity contribution in [2.24, 2.45) is 11.7 Å². The zero-order chi connectivity index (χ0) is 20.5. The van der Waals surface area contributed by atoms with Crippen molar-refractivity contribution in [2.75, 3.05) is 0 Å². The highest BCUT2D eigenvalue weighted by Gasteiger charge is 2.24. The summed E-state index contributed by atoms with van der Waals surface area (Å²) in [5, 5.41) is 0. The van der Waals surface area contributed by atoms with Crippen LogP contribution >= 0.6 is 12.4 Å². The van der Waals surface area contributed by atoms with E-state index in [9.17, 15) is 0 Å². The van der Waals surface area contributed by atoms with Gasteiger partial charge in [-0.2, -0.15) is 0 Å². The van der Waals surface area contributed by atoms with Crippen molar-refractivity contribution in [3.8, 4) is 0 Å². The molecule has 1 rings (SSSR count). The molecule has 1 aromatic rings. The summed E-state index contributed by atoms with van der Waals surface area (Å²) in [6, 6.07) is 10.9. The normalized spacial score (nSPS) is 12.1. The first-order valence-corrected chi connectivity index (χ1v) is 12.4. The topological polar surface area (TPSA) is 57.5 Å². The summed E-state index contributed by atoms with van der Waals surface area (Å²) in [5.41, 5.74) is 7.82. The Hall–Kier alpha value is -0.570. The molecule has 0 aliphatic rings. The first-order valence-electron chi connectivity index (χ1n) is 12.4. The molecule has 0 spiro atoms. The van der Waals surface area contributed by atoms with Gasteiger partial charge in [-0.1, -0.05) is 127 Å². The molecule has 30 heavy (non-hydrogen) atoms. The van der Waals surface area contributed by atoms with Crippen molar-refractivity contribution in [3.05, 3.63) is 35.9 Å². The molecular weight excluding hydrogens is 390 g/mol. The van der Waals surface area contributed by atoms with Gasteiger partial charge in [0.05, 0.1) is 0 Å². The summed E-state index contributed by atoms with van der Waals surface area (Å²) in [6.45, 7) is 6.69. The Morgan fingerprint density at radius 3 is 1.50 bits per heavy atom. The van der Waals surface area contributed by atoms with E-state index >= 15 is 0 Å². The Kier molecular flexibility index (Phi) is 21.4. The van der Waals surface area contributed by atoms with Crippen molar-refractivity contribution in [1.29, 1.82) is 0 Å². The highest BCUT2D eigenvalue weighted by atomic mass is 35.5. The van der Waals surface area contributed by atoms with Crippen LogP contribution < -0.4 is 5.73 Å². The molecule has 0 bridgehead atoms. The van der Waals surface area contributed by atoms with Crippen molar-refractivity contribution in [2.45, 2.75) is 129 Å². The Labute approximate surface area is 194 Å². The lowest BCUT2D eigenvalue weighted by molar-refractivity contribution is 0.290. The molecule has 0 heterocycles. The highest BCUT2D eigenvalue weighted by molar-refractivity contribution is 5.85. The number of unbranched alkanes of at least 4 members (excludes halogenated alkanes) is 13. The molecule has 0 aromatic heterocycles. The number of halogens is 1. The maximum Gasteiger partial charge on any atom is 0.0129 e. The maximum atomic E-state index is 6.48. The van der Waals surface area contributed by atoms with E-state index in [-0.39, 0.29) is 23.4 Å². The Balaban J connectivity index is 0. The Bertz CT molecular complexity index is 458. The Morgan fingerprint density at radius 2 is 1.10 bits per heavy atom. The van der Waals surface area contributed by atoms with Crippen LogP contribution in [0.15, 0.2) is 30.3 Å². The van der Waals surface area contributed by atoms with Crippen LogP contribution in [-0.4, -0.2) is 11.0 Å². The molecule has 0 radical (unpaired) electrons. The van der Waals surface area contributed by atoms with Gasteiger partial charge in [-0.3, -0.25) is 0 Å². The summed E-state index contributed by atoms with van der Waals surface area (Å²) < 4.78 is 0. The maximum absolute atomic E-state index is 6.48. The molecule has 1 unspecified atom stereocenters. The summed E-state index contributed by atoms with van der Waals surface area (Å²) in [6.07, 6.45) is 22.3. The highest BCUT2D eigenvalue weighted by Crippen LogP contribution is 2.25. The largest absolute Gasteiger partial charge is 0.412 e. The monoisotopic (exact) mass is 441 g/mol. The van der Waals surface area contributed by atoms with Gasteiger partial charge in [0, 0.05) is 5.54 Å². The molecule has 1 aromatic carbocycles. The molecule has 2 nitrogen and oxygen atoms in total. The smallest absolute Gasteiger partial charge is 0.0129 e. The molecular formula is C27H52ClNO. The quantitative estimate of drug-likeness (QED) is 0.230. The van der Waals surface area contributed by atoms with Crippen molar-refractivity contribution < 1.29 is 5.48 Å². The third-order valence-electron chi connectivity index (χ3n) is 6.28. The zero-order valence-corrected chi connectivity index (χ0v) is 21.1. The third-order valence-corrected chi connectivity index (χ3v) is 6.28. The van der Waals surface area contributed by atoms with Gasteiger partial charge in [-0.15, -0.1) is 12.4 Å². The lowest BCUT2D eigenvalue weighted by Crippen LogP contribution is -2.42. The predicted molar refractivity (Wildman–Crippen MR) is 138 cm³/mol. The second-order valence-electron chi connectivity index (χ2n) is 9.59. The van der Waals surface area contributed by atoms with E-state index in [4.69, 9.17) is 5.73 Å². The van der Waals surface area contributed by atoms with Gasteiger partial charge in [0.1, 0.15) is 0 Å². The molecule has 0 saturated heterocycles. The predicted octanol–water partition coefficient (Wildman–Crippen LogP) is 8.05. The second-order valence-corrected chi connectivity index (χ2v) is 9.59. The summed E-state index contributed by atoms with van der Waals surface area (Å²) in [4.78, 5) is 0. The van der Waals surface area contributed by atoms with Crippen LogP contribution in [0.4, 0.5) is 0 Å². The van der Waals surface area contributed by atoms with Crippen LogP contribution in [-0.2, 0) is 6.42 Å². The van der Waals surface area contributed by atoms with Crippen LogP contribution in [0.2, 0.25) is 0 Å². The van der Waals surface area contributed by atoms with Crippen LogP contribution in [0.25, 0.3) is 0 Å². The fourth-order valence-electron chi connectivity index (χ4n) is 4.22. The SMILES string of the molecule is CCCCCCCCCCCCCCCCC(Cc1ccccc1)C(C)(C)N.Cl.O. The van der Waals surface area contributed by atoms with Crippen molar-refractivity contribution >= 4 is 12.4 Å². The summed E-state index contributed by atoms with van der Waals surface area (Å²) in [5.74, 6) is 0.576. The van der Waals surface area contributed by atoms with Gasteiger partial charge in [-0.05, 0) is 38.2 Å². The van der Waals surface area contributed by atoms with E-state index in [1.54, 1.807) is 0 Å². The minimum absolute atomic E-state index is 0. The van der Waals surface area contributed by atoms with Gasteiger partial charge >= 0.3 is 0 Å². The fourth-order valence-corrected chi connectivity index (χ4v) is 4.22. The zero-order valence-electron chi connectivity index (χ0n) is 20.3. The number of rotatable bonds is 18. The van der Waals surface area contributed by atoms with E-state index in [1.165, 1.54) is 102 Å². The number of benzene rings is 1. The molecule has 178 valence electrons. The standard InChI is InChI=1S/C27H49N.ClH.H2O/c1-4-5-6-7-8-9-10-11-12-13-14-15-16-20-23-26(27(2,3)28)24-25-21-18-17-19-22-25;;/h17-19,21-22,26H,4-16,20,23-24,28H2,1-3H3;1H;1H2. The fraction of sp³-hybridized carbons (Fsp3) is 0.778. The molecule has 0 aliphatic carbocycles. The number of nitrogens with two attached hydrogens (primary N) is 1. The minimum Gasteiger partial charge on any atom is -0.412 e. The molecule has 0 saturated carbocycles. The average molecular weight is 442 g/mol. The van der Waals surface area contributed by atoms with Gasteiger partial charge < -0.3 is 11.2 Å². The molecule has 4 N–H and O–H groups in total. The third kappa shape index (κ3) is 17.1. The van der Waals surface area contributed by atoms with Crippen LogP contribution in [0.3, 0.4) is 0 Å². The van der Waals surface area contributed by atoms with E-state index in [1.807, 2.05) is 0 Å². The van der Waals surface area contributed by atoms with E-state index in [0.29, 0.717) is 5.92 Å². The number of hydrogen-bond acceptors (Lipinski definition) is 1. The minimum atomic E-state index is -0.0909. The van der Waals surface area contributed by atoms with Crippen LogP contribution in [0.1, 0.15) is 123 Å². The van der Waals surface area contributed by atoms with Crippen molar-refractivity contribution in [3.63, 3.8) is 0 Å². The summed E-state index contributed by atoms with van der Waals surface area (Å²) >= 11 is 0. The first kappa shape index (κ1) is 31.6. The lowest BCUT2D eigenvalue weighted by atomic mass is 9.80. The van der Waals surface area contributed by atoms with Gasteiger partial charge in [0.2, 0.25) is 0 Å². The van der Waals surface area contributed by atoms with Gasteiger partial charge in [-0.25, -0.2) is 0 Å². The molecule has 3 heteroatoms. The van der Waals surface area contributed by atoms with E-state index in [2.05, 4.69) is 51.1 Å². The Morgan fingerprint density at radius 1 is 0.700 bits per heavy atom. The van der Waals surface area contributed by atoms with Gasteiger partial charge in [0.25, 0.3) is 0 Å². The molecule has 0 fully saturated rings. The second kappa shape index (κ2) is 20.3. The first-order chi connectivity index (χ1) is 13.5. The van der Waals surface area contributed by atoms with E-state index < -0.39 is 0 Å². The number of hydrogen-bond donors (Lipinski definition) is 1. The molecule has 0 aliphatic heterocycles. The van der Waals surface area contributed by atoms with Crippen LogP contribution in [0.5, 0.6) is 0 Å². The van der Waals surface area contributed by atoms with Crippen molar-refractivity contribution in [1.82, 2.24) is 0 Å². The average Bonchev–Trinajstić information content (AvgIpc) is 2.67. The van der Waals surface area contributed by atoms with Gasteiger partial charge in [0.15, 0.2) is 0 Å². The summed E-state index contributed by atoms with van der Waals surface area (Å²) in [7, 11) is 0. The lowest BCUT2D eigenvalue weighted by Gasteiger charge is -2.31. The van der Waals surface area contributed by atoms with Crippen LogP contribution in [0, 0.1) is 5.92 Å². The molecule has 1 atom stereocenters. The van der Waals surface area contributed by atoms with E-state index in [0.717, 1.165) is 6.42 Å². The molecule has 0 amide bonds.